The van der Waals surface area contributed by atoms with Gasteiger partial charge in [0.15, 0.2) is 0 Å². The molecule has 0 radical (unpaired) electrons. The third kappa shape index (κ3) is 3.53. The molecule has 1 saturated heterocycles. The van der Waals surface area contributed by atoms with E-state index in [1.54, 1.807) is 18.2 Å². The average molecular weight is 371 g/mol. The Labute approximate surface area is 154 Å². The fraction of sp³-hybridized carbons (Fsp3) is 0.316. The number of piperidine rings is 1. The summed E-state index contributed by atoms with van der Waals surface area (Å²) < 4.78 is 19.2. The maximum Gasteiger partial charge on any atom is 0.263 e. The van der Waals surface area contributed by atoms with Crippen molar-refractivity contribution < 1.29 is 13.7 Å². The van der Waals surface area contributed by atoms with Gasteiger partial charge in [0.2, 0.25) is 11.7 Å². The van der Waals surface area contributed by atoms with Gasteiger partial charge < -0.3 is 9.42 Å². The minimum atomic E-state index is -0.370. The Morgan fingerprint density at radius 2 is 2.19 bits per heavy atom. The molecule has 26 heavy (non-hydrogen) atoms. The summed E-state index contributed by atoms with van der Waals surface area (Å²) in [6, 6.07) is 10.1. The van der Waals surface area contributed by atoms with Gasteiger partial charge in [-0.05, 0) is 42.3 Å². The molecule has 3 aromatic rings. The normalized spacial score (nSPS) is 17.4. The summed E-state index contributed by atoms with van der Waals surface area (Å²) in [7, 11) is 0. The Hall–Kier alpha value is -2.54. The highest BCUT2D eigenvalue weighted by atomic mass is 32.1. The molecule has 3 heterocycles. The lowest BCUT2D eigenvalue weighted by Crippen LogP contribution is -2.40. The SMILES string of the molecule is O=C(c1cccs1)N1CCC[C@@H](Cc2nc(-c3ccccc3F)no2)C1. The van der Waals surface area contributed by atoms with E-state index in [1.165, 1.54) is 17.4 Å². The first kappa shape index (κ1) is 16.9. The molecule has 1 fully saturated rings. The molecular weight excluding hydrogens is 353 g/mol. The van der Waals surface area contributed by atoms with Crippen LogP contribution in [0.5, 0.6) is 0 Å². The quantitative estimate of drug-likeness (QED) is 0.695. The summed E-state index contributed by atoms with van der Waals surface area (Å²) in [5, 5.41) is 5.82. The third-order valence-corrected chi connectivity index (χ3v) is 5.44. The van der Waals surface area contributed by atoms with Crippen LogP contribution in [0.2, 0.25) is 0 Å². The summed E-state index contributed by atoms with van der Waals surface area (Å²) in [6.45, 7) is 1.45. The van der Waals surface area contributed by atoms with Crippen LogP contribution < -0.4 is 0 Å². The van der Waals surface area contributed by atoms with E-state index < -0.39 is 0 Å². The third-order valence-electron chi connectivity index (χ3n) is 4.58. The van der Waals surface area contributed by atoms with Crippen molar-refractivity contribution in [3.63, 3.8) is 0 Å². The summed E-state index contributed by atoms with van der Waals surface area (Å²) in [6.07, 6.45) is 2.55. The number of benzene rings is 1. The van der Waals surface area contributed by atoms with E-state index >= 15 is 0 Å². The standard InChI is InChI=1S/C19H18FN3O2S/c20-15-7-2-1-6-14(15)18-21-17(25-22-18)11-13-5-3-9-23(12-13)19(24)16-8-4-10-26-16/h1-2,4,6-8,10,13H,3,5,9,11-12H2/t13-/m0/s1. The Bertz CT molecular complexity index is 894. The largest absolute Gasteiger partial charge is 0.339 e. The zero-order valence-electron chi connectivity index (χ0n) is 14.1. The highest BCUT2D eigenvalue weighted by molar-refractivity contribution is 7.12. The van der Waals surface area contributed by atoms with Crippen molar-refractivity contribution in [2.45, 2.75) is 19.3 Å². The molecule has 2 aromatic heterocycles. The molecule has 7 heteroatoms. The monoisotopic (exact) mass is 371 g/mol. The van der Waals surface area contributed by atoms with Gasteiger partial charge in [-0.2, -0.15) is 4.98 Å². The topological polar surface area (TPSA) is 59.2 Å². The van der Waals surface area contributed by atoms with Gasteiger partial charge in [-0.25, -0.2) is 4.39 Å². The lowest BCUT2D eigenvalue weighted by atomic mass is 9.94. The second-order valence-corrected chi connectivity index (χ2v) is 7.38. The number of carbonyl (C=O) groups is 1. The van der Waals surface area contributed by atoms with E-state index in [4.69, 9.17) is 4.52 Å². The zero-order chi connectivity index (χ0) is 17.9. The van der Waals surface area contributed by atoms with E-state index in [9.17, 15) is 9.18 Å². The number of amides is 1. The minimum absolute atomic E-state index is 0.0854. The molecule has 5 nitrogen and oxygen atoms in total. The fourth-order valence-electron chi connectivity index (χ4n) is 3.31. The first-order chi connectivity index (χ1) is 12.7. The van der Waals surface area contributed by atoms with Gasteiger partial charge >= 0.3 is 0 Å². The van der Waals surface area contributed by atoms with E-state index in [1.807, 2.05) is 22.4 Å². The molecule has 1 amide bonds. The molecule has 1 atom stereocenters. The molecule has 0 unspecified atom stereocenters. The van der Waals surface area contributed by atoms with Crippen LogP contribution >= 0.6 is 11.3 Å². The van der Waals surface area contributed by atoms with Crippen LogP contribution in [0.15, 0.2) is 46.3 Å². The fourth-order valence-corrected chi connectivity index (χ4v) is 4.00. The molecule has 0 N–H and O–H groups in total. The number of rotatable bonds is 4. The van der Waals surface area contributed by atoms with E-state index in [0.29, 0.717) is 24.4 Å². The Kier molecular flexibility index (Phi) is 4.79. The molecule has 0 aliphatic carbocycles. The van der Waals surface area contributed by atoms with Crippen molar-refractivity contribution in [1.82, 2.24) is 15.0 Å². The van der Waals surface area contributed by atoms with E-state index in [-0.39, 0.29) is 23.5 Å². The van der Waals surface area contributed by atoms with Crippen LogP contribution in [0.3, 0.4) is 0 Å². The predicted molar refractivity (Wildman–Crippen MR) is 96.3 cm³/mol. The Morgan fingerprint density at radius 3 is 3.00 bits per heavy atom. The molecular formula is C19H18FN3O2S. The van der Waals surface area contributed by atoms with Crippen LogP contribution in [-0.2, 0) is 6.42 Å². The average Bonchev–Trinajstić information content (AvgIpc) is 3.34. The number of nitrogens with zero attached hydrogens (tertiary/aromatic N) is 3. The summed E-state index contributed by atoms with van der Waals surface area (Å²) in [5.74, 6) is 0.730. The van der Waals surface area contributed by atoms with Crippen molar-refractivity contribution in [1.29, 1.82) is 0 Å². The first-order valence-electron chi connectivity index (χ1n) is 8.61. The highest BCUT2D eigenvalue weighted by Gasteiger charge is 2.26. The van der Waals surface area contributed by atoms with E-state index in [0.717, 1.165) is 24.3 Å². The minimum Gasteiger partial charge on any atom is -0.339 e. The van der Waals surface area contributed by atoms with Crippen molar-refractivity contribution in [3.05, 3.63) is 58.4 Å². The number of hydrogen-bond donors (Lipinski definition) is 0. The number of carbonyl (C=O) groups excluding carboxylic acids is 1. The zero-order valence-corrected chi connectivity index (χ0v) is 14.9. The van der Waals surface area contributed by atoms with Crippen LogP contribution in [-0.4, -0.2) is 34.0 Å². The molecule has 0 saturated carbocycles. The van der Waals surface area contributed by atoms with Crippen molar-refractivity contribution in [3.8, 4) is 11.4 Å². The van der Waals surface area contributed by atoms with Crippen LogP contribution in [0, 0.1) is 11.7 Å². The molecule has 1 aliphatic rings. The molecule has 0 bridgehead atoms. The van der Waals surface area contributed by atoms with Gasteiger partial charge in [-0.3, -0.25) is 4.79 Å². The van der Waals surface area contributed by atoms with Crippen molar-refractivity contribution >= 4 is 17.2 Å². The van der Waals surface area contributed by atoms with Crippen LogP contribution in [0.25, 0.3) is 11.4 Å². The van der Waals surface area contributed by atoms with Crippen LogP contribution in [0.4, 0.5) is 4.39 Å². The van der Waals surface area contributed by atoms with Crippen LogP contribution in [0.1, 0.15) is 28.4 Å². The maximum absolute atomic E-state index is 13.9. The van der Waals surface area contributed by atoms with Gasteiger partial charge in [-0.1, -0.05) is 23.4 Å². The molecule has 134 valence electrons. The molecule has 1 aromatic carbocycles. The van der Waals surface area contributed by atoms with Gasteiger partial charge in [-0.15, -0.1) is 11.3 Å². The second-order valence-electron chi connectivity index (χ2n) is 6.43. The number of likely N-dealkylation sites (tertiary alicyclic amines) is 1. The van der Waals surface area contributed by atoms with Gasteiger partial charge in [0.25, 0.3) is 5.91 Å². The molecule has 0 spiro atoms. The lowest BCUT2D eigenvalue weighted by molar-refractivity contribution is 0.0673. The smallest absolute Gasteiger partial charge is 0.263 e. The second kappa shape index (κ2) is 7.37. The number of thiophene rings is 1. The maximum atomic E-state index is 13.9. The van der Waals surface area contributed by atoms with Gasteiger partial charge in [0.05, 0.1) is 10.4 Å². The molecule has 4 rings (SSSR count). The number of hydrogen-bond acceptors (Lipinski definition) is 5. The van der Waals surface area contributed by atoms with Crippen molar-refractivity contribution in [2.75, 3.05) is 13.1 Å². The number of aromatic nitrogens is 2. The Balaban J connectivity index is 1.43. The van der Waals surface area contributed by atoms with Gasteiger partial charge in [0.1, 0.15) is 5.82 Å². The summed E-state index contributed by atoms with van der Waals surface area (Å²) in [4.78, 5) is 19.5. The van der Waals surface area contributed by atoms with Crippen molar-refractivity contribution in [2.24, 2.45) is 5.92 Å². The van der Waals surface area contributed by atoms with E-state index in [2.05, 4.69) is 10.1 Å². The summed E-state index contributed by atoms with van der Waals surface area (Å²) in [5.41, 5.74) is 0.334. The first-order valence-corrected chi connectivity index (χ1v) is 9.49. The Morgan fingerprint density at radius 1 is 1.31 bits per heavy atom. The predicted octanol–water partition coefficient (Wildman–Crippen LogP) is 4.03. The highest BCUT2D eigenvalue weighted by Crippen LogP contribution is 2.25. The summed E-state index contributed by atoms with van der Waals surface area (Å²) >= 11 is 1.46. The van der Waals surface area contributed by atoms with Gasteiger partial charge in [0, 0.05) is 19.5 Å². The lowest BCUT2D eigenvalue weighted by Gasteiger charge is -2.31. The molecule has 1 aliphatic heterocycles. The number of halogens is 1.